The lowest BCUT2D eigenvalue weighted by Gasteiger charge is -2.12. The van der Waals surface area contributed by atoms with Crippen LogP contribution in [-0.2, 0) is 0 Å². The molecule has 0 saturated heterocycles. The maximum absolute atomic E-state index is 12.5. The van der Waals surface area contributed by atoms with Crippen molar-refractivity contribution in [3.05, 3.63) is 41.1 Å². The Morgan fingerprint density at radius 3 is 2.39 bits per heavy atom. The highest BCUT2D eigenvalue weighted by Crippen LogP contribution is 2.28. The van der Waals surface area contributed by atoms with Gasteiger partial charge >= 0.3 is 6.18 Å². The van der Waals surface area contributed by atoms with Gasteiger partial charge in [0.2, 0.25) is 0 Å². The fourth-order valence-electron chi connectivity index (χ4n) is 2.01. The van der Waals surface area contributed by atoms with Crippen LogP contribution >= 0.6 is 0 Å². The van der Waals surface area contributed by atoms with E-state index < -0.39 is 12.0 Å². The minimum atomic E-state index is -4.88. The van der Waals surface area contributed by atoms with Crippen molar-refractivity contribution in [3.8, 4) is 0 Å². The lowest BCUT2D eigenvalue weighted by molar-refractivity contribution is -0.0886. The highest BCUT2D eigenvalue weighted by Gasteiger charge is 2.41. The number of benzene rings is 1. The molecule has 0 fully saturated rings. The van der Waals surface area contributed by atoms with Crippen molar-refractivity contribution < 1.29 is 18.0 Å². The molecule has 0 atom stereocenters. The first-order valence-electron chi connectivity index (χ1n) is 5.30. The summed E-state index contributed by atoms with van der Waals surface area (Å²) in [6.07, 6.45) is -4.88. The number of rotatable bonds is 1. The van der Waals surface area contributed by atoms with E-state index in [4.69, 9.17) is 0 Å². The van der Waals surface area contributed by atoms with Crippen LogP contribution < -0.4 is 0 Å². The van der Waals surface area contributed by atoms with Gasteiger partial charge in [-0.1, -0.05) is 18.2 Å². The van der Waals surface area contributed by atoms with Crippen molar-refractivity contribution in [2.24, 2.45) is 0 Å². The lowest BCUT2D eigenvalue weighted by atomic mass is 9.98. The van der Waals surface area contributed by atoms with Gasteiger partial charge in [0.05, 0.1) is 11.1 Å². The number of carbonyl (C=O) groups excluding carboxylic acids is 1. The Hall–Kier alpha value is -1.91. The zero-order chi connectivity index (χ0) is 13.5. The molecule has 0 aliphatic carbocycles. The fraction of sp³-hybridized carbons (Fsp3) is 0.231. The van der Waals surface area contributed by atoms with Crippen molar-refractivity contribution in [2.45, 2.75) is 20.0 Å². The molecule has 0 spiro atoms. The van der Waals surface area contributed by atoms with Crippen LogP contribution in [0.2, 0.25) is 0 Å². The van der Waals surface area contributed by atoms with Crippen molar-refractivity contribution in [1.29, 1.82) is 0 Å². The molecule has 0 N–H and O–H groups in total. The summed E-state index contributed by atoms with van der Waals surface area (Å²) in [6, 6.07) is 6.81. The van der Waals surface area contributed by atoms with Crippen LogP contribution in [-0.4, -0.2) is 16.9 Å². The Kier molecular flexibility index (Phi) is 2.84. The molecule has 18 heavy (non-hydrogen) atoms. The van der Waals surface area contributed by atoms with Gasteiger partial charge in [-0.05, 0) is 25.5 Å². The Morgan fingerprint density at radius 2 is 1.78 bits per heavy atom. The van der Waals surface area contributed by atoms with Crippen LogP contribution in [0.15, 0.2) is 24.3 Å². The molecule has 1 aromatic heterocycles. The zero-order valence-electron chi connectivity index (χ0n) is 9.80. The molecule has 94 valence electrons. The first kappa shape index (κ1) is 12.5. The van der Waals surface area contributed by atoms with Crippen molar-refractivity contribution in [1.82, 2.24) is 4.98 Å². The number of fused-ring (bicyclic) bond motifs is 1. The second kappa shape index (κ2) is 4.08. The molecular weight excluding hydrogens is 243 g/mol. The van der Waals surface area contributed by atoms with Gasteiger partial charge in [-0.15, -0.1) is 0 Å². The van der Waals surface area contributed by atoms with E-state index in [0.29, 0.717) is 16.5 Å². The van der Waals surface area contributed by atoms with E-state index in [2.05, 4.69) is 4.98 Å². The highest BCUT2D eigenvalue weighted by atomic mass is 19.4. The number of halogens is 3. The summed E-state index contributed by atoms with van der Waals surface area (Å²) in [5.74, 6) is -1.84. The molecule has 2 rings (SSSR count). The van der Waals surface area contributed by atoms with E-state index in [-0.39, 0.29) is 11.3 Å². The van der Waals surface area contributed by atoms with Crippen molar-refractivity contribution >= 4 is 16.7 Å². The number of aromatic nitrogens is 1. The molecule has 0 radical (unpaired) electrons. The van der Waals surface area contributed by atoms with Crippen LogP contribution in [0.3, 0.4) is 0 Å². The van der Waals surface area contributed by atoms with E-state index in [0.717, 1.165) is 0 Å². The first-order chi connectivity index (χ1) is 8.32. The van der Waals surface area contributed by atoms with E-state index in [1.54, 1.807) is 24.3 Å². The fourth-order valence-corrected chi connectivity index (χ4v) is 2.01. The van der Waals surface area contributed by atoms with Gasteiger partial charge in [0, 0.05) is 11.1 Å². The third-order valence-corrected chi connectivity index (χ3v) is 2.82. The van der Waals surface area contributed by atoms with Crippen LogP contribution in [0.25, 0.3) is 10.9 Å². The summed E-state index contributed by atoms with van der Waals surface area (Å²) in [4.78, 5) is 15.4. The lowest BCUT2D eigenvalue weighted by Crippen LogP contribution is -2.25. The minimum Gasteiger partial charge on any atom is -0.284 e. The molecule has 0 aliphatic heterocycles. The van der Waals surface area contributed by atoms with E-state index in [9.17, 15) is 18.0 Å². The summed E-state index contributed by atoms with van der Waals surface area (Å²) >= 11 is 0. The van der Waals surface area contributed by atoms with Gasteiger partial charge in [0.25, 0.3) is 5.78 Å². The van der Waals surface area contributed by atoms with Gasteiger partial charge in [-0.3, -0.25) is 9.78 Å². The Labute approximate surface area is 101 Å². The van der Waals surface area contributed by atoms with Crippen LogP contribution in [0, 0.1) is 13.8 Å². The number of carbonyl (C=O) groups is 1. The molecule has 2 aromatic rings. The van der Waals surface area contributed by atoms with E-state index >= 15 is 0 Å². The van der Waals surface area contributed by atoms with Crippen LogP contribution in [0.5, 0.6) is 0 Å². The monoisotopic (exact) mass is 253 g/mol. The smallest absolute Gasteiger partial charge is 0.284 e. The van der Waals surface area contributed by atoms with Gasteiger partial charge in [-0.2, -0.15) is 13.2 Å². The van der Waals surface area contributed by atoms with E-state index in [1.165, 1.54) is 13.8 Å². The summed E-state index contributed by atoms with van der Waals surface area (Å²) < 4.78 is 37.6. The second-order valence-electron chi connectivity index (χ2n) is 4.04. The molecule has 5 heteroatoms. The number of alkyl halides is 3. The molecule has 1 heterocycles. The molecule has 0 saturated carbocycles. The minimum absolute atomic E-state index is 0.105. The predicted molar refractivity (Wildman–Crippen MR) is 61.6 cm³/mol. The normalized spacial score (nSPS) is 11.8. The number of ketones is 1. The quantitative estimate of drug-likeness (QED) is 0.727. The molecule has 0 aliphatic rings. The van der Waals surface area contributed by atoms with Gasteiger partial charge < -0.3 is 0 Å². The molecule has 0 bridgehead atoms. The number of para-hydroxylation sites is 1. The van der Waals surface area contributed by atoms with Crippen molar-refractivity contribution in [2.75, 3.05) is 0 Å². The number of hydrogen-bond donors (Lipinski definition) is 0. The molecule has 0 amide bonds. The zero-order valence-corrected chi connectivity index (χ0v) is 9.80. The SMILES string of the molecule is Cc1nc2ccccc2c(C)c1C(=O)C(F)(F)F. The second-order valence-corrected chi connectivity index (χ2v) is 4.04. The summed E-state index contributed by atoms with van der Waals surface area (Å²) in [6.45, 7) is 2.92. The number of aryl methyl sites for hydroxylation is 2. The largest absolute Gasteiger partial charge is 0.454 e. The maximum atomic E-state index is 12.5. The van der Waals surface area contributed by atoms with Gasteiger partial charge in [-0.25, -0.2) is 0 Å². The third kappa shape index (κ3) is 1.96. The van der Waals surface area contributed by atoms with Crippen LogP contribution in [0.4, 0.5) is 13.2 Å². The molecule has 0 unspecified atom stereocenters. The standard InChI is InChI=1S/C13H10F3NO/c1-7-9-5-3-4-6-10(9)17-8(2)11(7)12(18)13(14,15)16/h3-6H,1-2H3. The first-order valence-corrected chi connectivity index (χ1v) is 5.30. The van der Waals surface area contributed by atoms with E-state index in [1.807, 2.05) is 0 Å². The Bertz CT molecular complexity index is 632. The average molecular weight is 253 g/mol. The number of pyridine rings is 1. The highest BCUT2D eigenvalue weighted by molar-refractivity contribution is 6.05. The average Bonchev–Trinajstić information content (AvgIpc) is 2.27. The van der Waals surface area contributed by atoms with Crippen molar-refractivity contribution in [3.63, 3.8) is 0 Å². The third-order valence-electron chi connectivity index (χ3n) is 2.82. The summed E-state index contributed by atoms with van der Waals surface area (Å²) in [7, 11) is 0. The topological polar surface area (TPSA) is 30.0 Å². The van der Waals surface area contributed by atoms with Gasteiger partial charge in [0.1, 0.15) is 0 Å². The summed E-state index contributed by atoms with van der Waals surface area (Å²) in [5, 5.41) is 0.565. The maximum Gasteiger partial charge on any atom is 0.454 e. The van der Waals surface area contributed by atoms with Crippen LogP contribution in [0.1, 0.15) is 21.6 Å². The number of nitrogens with zero attached hydrogens (tertiary/aromatic N) is 1. The Morgan fingerprint density at radius 1 is 1.17 bits per heavy atom. The number of Topliss-reactive ketones (excluding diaryl/α,β-unsaturated/α-hetero) is 1. The molecular formula is C13H10F3NO. The summed E-state index contributed by atoms with van der Waals surface area (Å²) in [5.41, 5.74) is 0.668. The Balaban J connectivity index is 2.76. The molecule has 2 nitrogen and oxygen atoms in total. The molecule has 1 aromatic carbocycles. The van der Waals surface area contributed by atoms with Gasteiger partial charge in [0.15, 0.2) is 0 Å². The predicted octanol–water partition coefficient (Wildman–Crippen LogP) is 3.60. The number of hydrogen-bond acceptors (Lipinski definition) is 2.